The molecule has 0 aliphatic carbocycles. The number of hydrogen-bond donors (Lipinski definition) is 1. The highest BCUT2D eigenvalue weighted by Gasteiger charge is 2.12. The first-order chi connectivity index (χ1) is 9.13. The molecule has 7 heteroatoms. The van der Waals surface area contributed by atoms with Crippen molar-refractivity contribution in [2.45, 2.75) is 20.0 Å². The van der Waals surface area contributed by atoms with Gasteiger partial charge in [-0.1, -0.05) is 5.16 Å². The zero-order valence-corrected chi connectivity index (χ0v) is 10.4. The lowest BCUT2D eigenvalue weighted by Crippen LogP contribution is -2.23. The van der Waals surface area contributed by atoms with Gasteiger partial charge >= 0.3 is 0 Å². The first kappa shape index (κ1) is 13.4. The molecule has 0 unspecified atom stereocenters. The number of hydrogen-bond acceptors (Lipinski definition) is 5. The quantitative estimate of drug-likeness (QED) is 0.896. The molecule has 0 bridgehead atoms. The Morgan fingerprint density at radius 3 is 2.68 bits per heavy atom. The second-order valence-corrected chi connectivity index (χ2v) is 3.92. The Morgan fingerprint density at radius 2 is 2.11 bits per heavy atom. The van der Waals surface area contributed by atoms with Crippen LogP contribution in [0.2, 0.25) is 0 Å². The summed E-state index contributed by atoms with van der Waals surface area (Å²) in [6.07, 6.45) is 0. The van der Waals surface area contributed by atoms with Crippen LogP contribution in [0.25, 0.3) is 0 Å². The van der Waals surface area contributed by atoms with E-state index in [-0.39, 0.29) is 6.54 Å². The molecule has 0 radical (unpaired) electrons. The van der Waals surface area contributed by atoms with Crippen LogP contribution in [0.15, 0.2) is 22.7 Å². The molecule has 0 saturated heterocycles. The predicted molar refractivity (Wildman–Crippen MR) is 65.3 cm³/mol. The molecule has 0 atom stereocenters. The van der Waals surface area contributed by atoms with Crippen molar-refractivity contribution in [1.29, 1.82) is 0 Å². The maximum absolute atomic E-state index is 13.2. The number of aromatic nitrogens is 2. The fourth-order valence-corrected chi connectivity index (χ4v) is 1.68. The lowest BCUT2D eigenvalue weighted by atomic mass is 10.2. The van der Waals surface area contributed by atoms with Gasteiger partial charge in [0.05, 0.1) is 13.1 Å². The number of benzene rings is 1. The minimum absolute atomic E-state index is 0.171. The van der Waals surface area contributed by atoms with Crippen LogP contribution in [0, 0.1) is 11.6 Å². The standard InChI is InChI=1S/C12H14F2N4O/c1-2-18(7-11-16-12(6-15)19-17-11)8-3-4-9(13)10(14)5-8/h3-5H,2,6-7,15H2,1H3. The van der Waals surface area contributed by atoms with Crippen LogP contribution in [0.1, 0.15) is 18.6 Å². The average Bonchev–Trinajstić information content (AvgIpc) is 2.87. The largest absolute Gasteiger partial charge is 0.364 e. The Hall–Kier alpha value is -2.02. The van der Waals surface area contributed by atoms with Gasteiger partial charge in [-0.3, -0.25) is 0 Å². The highest BCUT2D eigenvalue weighted by atomic mass is 19.2. The van der Waals surface area contributed by atoms with Crippen LogP contribution < -0.4 is 10.6 Å². The van der Waals surface area contributed by atoms with Crippen molar-refractivity contribution in [2.75, 3.05) is 11.4 Å². The summed E-state index contributed by atoms with van der Waals surface area (Å²) in [5.74, 6) is -0.958. The molecule has 0 fully saturated rings. The van der Waals surface area contributed by atoms with Crippen LogP contribution in [0.5, 0.6) is 0 Å². The van der Waals surface area contributed by atoms with Gasteiger partial charge in [-0.25, -0.2) is 8.78 Å². The molecule has 1 aromatic heterocycles. The normalized spacial score (nSPS) is 10.7. The molecule has 1 heterocycles. The van der Waals surface area contributed by atoms with Crippen molar-refractivity contribution in [3.8, 4) is 0 Å². The summed E-state index contributed by atoms with van der Waals surface area (Å²) in [7, 11) is 0. The maximum atomic E-state index is 13.2. The molecule has 0 spiro atoms. The molecule has 5 nitrogen and oxygen atoms in total. The molecule has 2 rings (SSSR count). The first-order valence-corrected chi connectivity index (χ1v) is 5.85. The Morgan fingerprint density at radius 1 is 1.32 bits per heavy atom. The second-order valence-electron chi connectivity index (χ2n) is 3.92. The SMILES string of the molecule is CCN(Cc1noc(CN)n1)c1ccc(F)c(F)c1. The van der Waals surface area contributed by atoms with E-state index in [1.54, 1.807) is 4.90 Å². The molecule has 2 N–H and O–H groups in total. The molecule has 2 aromatic rings. The maximum Gasteiger partial charge on any atom is 0.240 e. The zero-order chi connectivity index (χ0) is 13.8. The Balaban J connectivity index is 2.17. The Labute approximate surface area is 109 Å². The van der Waals surface area contributed by atoms with Gasteiger partial charge in [-0.2, -0.15) is 4.98 Å². The monoisotopic (exact) mass is 268 g/mol. The van der Waals surface area contributed by atoms with Crippen LogP contribution in [0.3, 0.4) is 0 Å². The predicted octanol–water partition coefficient (Wildman–Crippen LogP) is 1.83. The van der Waals surface area contributed by atoms with Crippen LogP contribution in [-0.4, -0.2) is 16.7 Å². The number of halogens is 2. The number of rotatable bonds is 5. The van der Waals surface area contributed by atoms with Crippen molar-refractivity contribution >= 4 is 5.69 Å². The molecule has 0 amide bonds. The van der Waals surface area contributed by atoms with Gasteiger partial charge in [-0.05, 0) is 19.1 Å². The van der Waals surface area contributed by atoms with Crippen molar-refractivity contribution in [3.63, 3.8) is 0 Å². The van der Waals surface area contributed by atoms with Crippen molar-refractivity contribution < 1.29 is 13.3 Å². The molecule has 102 valence electrons. The number of nitrogens with zero attached hydrogens (tertiary/aromatic N) is 3. The van der Waals surface area contributed by atoms with E-state index in [4.69, 9.17) is 10.3 Å². The third-order valence-corrected chi connectivity index (χ3v) is 2.67. The third-order valence-electron chi connectivity index (χ3n) is 2.67. The molecule has 1 aromatic carbocycles. The summed E-state index contributed by atoms with van der Waals surface area (Å²) in [5, 5.41) is 3.76. The van der Waals surface area contributed by atoms with E-state index in [2.05, 4.69) is 10.1 Å². The van der Waals surface area contributed by atoms with E-state index in [1.165, 1.54) is 6.07 Å². The van der Waals surface area contributed by atoms with Crippen LogP contribution in [0.4, 0.5) is 14.5 Å². The molecule has 0 aliphatic rings. The van der Waals surface area contributed by atoms with Gasteiger partial charge in [-0.15, -0.1) is 0 Å². The summed E-state index contributed by atoms with van der Waals surface area (Å²) < 4.78 is 31.0. The van der Waals surface area contributed by atoms with E-state index in [0.29, 0.717) is 30.5 Å². The van der Waals surface area contributed by atoms with Gasteiger partial charge in [0.25, 0.3) is 0 Å². The minimum atomic E-state index is -0.883. The van der Waals surface area contributed by atoms with Crippen molar-refractivity contribution in [1.82, 2.24) is 10.1 Å². The smallest absolute Gasteiger partial charge is 0.240 e. The molecular weight excluding hydrogens is 254 g/mol. The second kappa shape index (κ2) is 5.75. The van der Waals surface area contributed by atoms with Crippen molar-refractivity contribution in [3.05, 3.63) is 41.5 Å². The van der Waals surface area contributed by atoms with Gasteiger partial charge in [0.1, 0.15) is 0 Å². The summed E-state index contributed by atoms with van der Waals surface area (Å²) in [6.45, 7) is 3.00. The lowest BCUT2D eigenvalue weighted by molar-refractivity contribution is 0.374. The van der Waals surface area contributed by atoms with Gasteiger partial charge in [0, 0.05) is 18.3 Å². The summed E-state index contributed by atoms with van der Waals surface area (Å²) in [4.78, 5) is 5.87. The van der Waals surface area contributed by atoms with E-state index in [0.717, 1.165) is 12.1 Å². The fraction of sp³-hybridized carbons (Fsp3) is 0.333. The van der Waals surface area contributed by atoms with Gasteiger partial charge < -0.3 is 15.2 Å². The summed E-state index contributed by atoms with van der Waals surface area (Å²) in [5.41, 5.74) is 5.93. The number of nitrogens with two attached hydrogens (primary N) is 1. The van der Waals surface area contributed by atoms with E-state index in [1.807, 2.05) is 6.92 Å². The summed E-state index contributed by atoms with van der Waals surface area (Å²) >= 11 is 0. The molecule has 19 heavy (non-hydrogen) atoms. The van der Waals surface area contributed by atoms with Gasteiger partial charge in [0.2, 0.25) is 5.89 Å². The van der Waals surface area contributed by atoms with Crippen molar-refractivity contribution in [2.24, 2.45) is 5.73 Å². The summed E-state index contributed by atoms with van der Waals surface area (Å²) in [6, 6.07) is 3.74. The van der Waals surface area contributed by atoms with E-state index in [9.17, 15) is 8.78 Å². The van der Waals surface area contributed by atoms with E-state index < -0.39 is 11.6 Å². The molecule has 0 saturated carbocycles. The minimum Gasteiger partial charge on any atom is -0.364 e. The molecular formula is C12H14F2N4O. The first-order valence-electron chi connectivity index (χ1n) is 5.85. The Bertz CT molecular complexity index is 558. The van der Waals surface area contributed by atoms with Gasteiger partial charge in [0.15, 0.2) is 17.5 Å². The lowest BCUT2D eigenvalue weighted by Gasteiger charge is -2.21. The highest BCUT2D eigenvalue weighted by molar-refractivity contribution is 5.46. The fourth-order valence-electron chi connectivity index (χ4n) is 1.68. The Kier molecular flexibility index (Phi) is 4.06. The highest BCUT2D eigenvalue weighted by Crippen LogP contribution is 2.19. The molecule has 0 aliphatic heterocycles. The number of anilines is 1. The zero-order valence-electron chi connectivity index (χ0n) is 10.4. The topological polar surface area (TPSA) is 68.2 Å². The average molecular weight is 268 g/mol. The third kappa shape index (κ3) is 3.05. The van der Waals surface area contributed by atoms with E-state index >= 15 is 0 Å². The van der Waals surface area contributed by atoms with Crippen LogP contribution in [-0.2, 0) is 13.1 Å². The van der Waals surface area contributed by atoms with Crippen LogP contribution >= 0.6 is 0 Å².